The highest BCUT2D eigenvalue weighted by Gasteiger charge is 2.63. The van der Waals surface area contributed by atoms with E-state index in [0.717, 1.165) is 81.9 Å². The van der Waals surface area contributed by atoms with Crippen LogP contribution in [-0.4, -0.2) is 21.4 Å². The minimum atomic E-state index is -0.940. The van der Waals surface area contributed by atoms with E-state index in [2.05, 4.69) is 38.6 Å². The van der Waals surface area contributed by atoms with E-state index in [1.165, 1.54) is 34.9 Å². The SMILES string of the molecule is C=COc1cc2c(cc1[C@@]1(O)CCC3C4CCc5cc(O)ccc5C4CC[C@@]31C)[C@H]1CC[C@]3(C)[C@@H](O)CC[C@H]3[C@@H]1CC2. The van der Waals surface area contributed by atoms with Crippen LogP contribution in [0.1, 0.15) is 118 Å². The van der Waals surface area contributed by atoms with Crippen LogP contribution in [0.15, 0.2) is 43.2 Å². The molecule has 0 aromatic heterocycles. The molecule has 0 saturated heterocycles. The number of phenolic OH excluding ortho intramolecular Hbond substituents is 1. The summed E-state index contributed by atoms with van der Waals surface area (Å²) in [5.74, 6) is 4.42. The topological polar surface area (TPSA) is 69.9 Å². The minimum Gasteiger partial charge on any atom is -0.508 e. The van der Waals surface area contributed by atoms with Gasteiger partial charge in [-0.25, -0.2) is 0 Å². The van der Waals surface area contributed by atoms with Crippen LogP contribution in [0.3, 0.4) is 0 Å². The monoisotopic (exact) mass is 568 g/mol. The number of aromatic hydroxyl groups is 1. The van der Waals surface area contributed by atoms with E-state index in [1.54, 1.807) is 0 Å². The van der Waals surface area contributed by atoms with Crippen molar-refractivity contribution in [1.82, 2.24) is 0 Å². The summed E-state index contributed by atoms with van der Waals surface area (Å²) in [5.41, 5.74) is 5.48. The van der Waals surface area contributed by atoms with Crippen LogP contribution in [0.2, 0.25) is 0 Å². The molecule has 0 heterocycles. The predicted molar refractivity (Wildman–Crippen MR) is 165 cm³/mol. The quantitative estimate of drug-likeness (QED) is 0.330. The first-order valence-corrected chi connectivity index (χ1v) is 16.8. The smallest absolute Gasteiger partial charge is 0.132 e. The number of rotatable bonds is 3. The number of benzene rings is 2. The second kappa shape index (κ2) is 9.35. The van der Waals surface area contributed by atoms with Crippen LogP contribution in [0.25, 0.3) is 0 Å². The Kier molecular flexibility index (Phi) is 6.07. The van der Waals surface area contributed by atoms with Gasteiger partial charge in [0.1, 0.15) is 11.5 Å². The first-order chi connectivity index (χ1) is 20.2. The fraction of sp³-hybridized carbons (Fsp3) is 0.632. The fourth-order valence-corrected chi connectivity index (χ4v) is 12.1. The molecule has 0 spiro atoms. The van der Waals surface area contributed by atoms with Crippen molar-refractivity contribution in [2.45, 2.75) is 114 Å². The lowest BCUT2D eigenvalue weighted by Crippen LogP contribution is -2.49. The summed E-state index contributed by atoms with van der Waals surface area (Å²) in [4.78, 5) is 0. The van der Waals surface area contributed by atoms with E-state index in [4.69, 9.17) is 4.74 Å². The first kappa shape index (κ1) is 27.3. The standard InChI is InChI=1S/C38H48O4/c1-4-42-34-20-23-6-8-28-27(13-16-36(2)31(28)11-12-35(36)40)30(23)21-33(34)38(41)18-15-32-29-9-5-22-19-24(39)7-10-25(22)26(29)14-17-37(32,38)3/h4,7,10,19-21,26-29,31-32,35,39-41H,1,5-6,8-9,11-18H2,2-3H3/t26?,27-,28+,29?,31-,32?,35-,36-,37-,38-/m0/s1. The minimum absolute atomic E-state index is 0.0632. The van der Waals surface area contributed by atoms with Crippen molar-refractivity contribution >= 4 is 0 Å². The second-order valence-corrected chi connectivity index (χ2v) is 15.5. The highest BCUT2D eigenvalue weighted by Crippen LogP contribution is 2.68. The van der Waals surface area contributed by atoms with Gasteiger partial charge in [0, 0.05) is 11.0 Å². The molecule has 0 bridgehead atoms. The molecule has 42 heavy (non-hydrogen) atoms. The van der Waals surface area contributed by atoms with Crippen LogP contribution >= 0.6 is 0 Å². The van der Waals surface area contributed by atoms with E-state index in [-0.39, 0.29) is 16.9 Å². The molecule has 6 aliphatic rings. The van der Waals surface area contributed by atoms with E-state index < -0.39 is 5.60 Å². The van der Waals surface area contributed by atoms with E-state index in [9.17, 15) is 15.3 Å². The Hall–Kier alpha value is -2.30. The number of hydrogen-bond acceptors (Lipinski definition) is 4. The zero-order valence-electron chi connectivity index (χ0n) is 25.4. The summed E-state index contributed by atoms with van der Waals surface area (Å²) in [6.45, 7) is 8.63. The highest BCUT2D eigenvalue weighted by molar-refractivity contribution is 5.51. The van der Waals surface area contributed by atoms with Gasteiger partial charge in [-0.05, 0) is 164 Å². The third-order valence-corrected chi connectivity index (χ3v) is 14.3. The molecule has 0 aliphatic heterocycles. The lowest BCUT2D eigenvalue weighted by molar-refractivity contribution is -0.109. The Morgan fingerprint density at radius 1 is 0.810 bits per heavy atom. The molecule has 2 aromatic rings. The summed E-state index contributed by atoms with van der Waals surface area (Å²) >= 11 is 0. The summed E-state index contributed by atoms with van der Waals surface area (Å²) < 4.78 is 6.15. The zero-order valence-corrected chi connectivity index (χ0v) is 25.4. The Labute approximate surface area is 251 Å². The molecule has 4 nitrogen and oxygen atoms in total. The van der Waals surface area contributed by atoms with E-state index >= 15 is 0 Å². The van der Waals surface area contributed by atoms with Gasteiger partial charge in [0.05, 0.1) is 18.0 Å². The average molecular weight is 569 g/mol. The van der Waals surface area contributed by atoms with Gasteiger partial charge in [-0.3, -0.25) is 0 Å². The normalized spacial score (nSPS) is 43.3. The van der Waals surface area contributed by atoms with Crippen LogP contribution in [0.5, 0.6) is 11.5 Å². The van der Waals surface area contributed by atoms with Crippen LogP contribution in [-0.2, 0) is 18.4 Å². The maximum absolute atomic E-state index is 13.0. The lowest BCUT2D eigenvalue weighted by atomic mass is 9.52. The zero-order chi connectivity index (χ0) is 29.0. The predicted octanol–water partition coefficient (Wildman–Crippen LogP) is 7.88. The van der Waals surface area contributed by atoms with Crippen molar-refractivity contribution in [2.75, 3.05) is 0 Å². The molecule has 3 N–H and O–H groups in total. The van der Waals surface area contributed by atoms with Crippen LogP contribution < -0.4 is 4.74 Å². The van der Waals surface area contributed by atoms with Gasteiger partial charge in [0.2, 0.25) is 0 Å². The molecule has 4 saturated carbocycles. The van der Waals surface area contributed by atoms with Crippen LogP contribution in [0.4, 0.5) is 0 Å². The number of aryl methyl sites for hydroxylation is 2. The fourth-order valence-electron chi connectivity index (χ4n) is 12.1. The molecule has 0 radical (unpaired) electrons. The molecular formula is C38H48O4. The number of hydrogen-bond donors (Lipinski definition) is 3. The number of ether oxygens (including phenoxy) is 1. The van der Waals surface area contributed by atoms with Crippen molar-refractivity contribution in [3.05, 3.63) is 71.0 Å². The van der Waals surface area contributed by atoms with Crippen molar-refractivity contribution in [2.24, 2.45) is 34.5 Å². The molecule has 8 rings (SSSR count). The Morgan fingerprint density at radius 3 is 2.31 bits per heavy atom. The van der Waals surface area contributed by atoms with E-state index in [0.29, 0.717) is 41.3 Å². The molecule has 4 heteroatoms. The largest absolute Gasteiger partial charge is 0.508 e. The van der Waals surface area contributed by atoms with Gasteiger partial charge in [-0.1, -0.05) is 26.5 Å². The third kappa shape index (κ3) is 3.54. The van der Waals surface area contributed by atoms with Crippen molar-refractivity contribution in [3.8, 4) is 11.5 Å². The van der Waals surface area contributed by atoms with Crippen molar-refractivity contribution in [1.29, 1.82) is 0 Å². The van der Waals surface area contributed by atoms with Crippen molar-refractivity contribution < 1.29 is 20.1 Å². The molecule has 224 valence electrons. The summed E-state index contributed by atoms with van der Waals surface area (Å²) in [5, 5.41) is 34.0. The second-order valence-electron chi connectivity index (χ2n) is 15.5. The number of aliphatic hydroxyl groups excluding tert-OH is 1. The van der Waals surface area contributed by atoms with Crippen LogP contribution in [0, 0.1) is 34.5 Å². The van der Waals surface area contributed by atoms with Crippen molar-refractivity contribution in [3.63, 3.8) is 0 Å². The third-order valence-electron chi connectivity index (χ3n) is 14.3. The summed E-state index contributed by atoms with van der Waals surface area (Å²) in [7, 11) is 0. The summed E-state index contributed by atoms with van der Waals surface area (Å²) in [6.07, 6.45) is 13.9. The molecule has 10 atom stereocenters. The Morgan fingerprint density at radius 2 is 1.52 bits per heavy atom. The van der Waals surface area contributed by atoms with Gasteiger partial charge >= 0.3 is 0 Å². The highest BCUT2D eigenvalue weighted by atomic mass is 16.5. The molecule has 0 amide bonds. The number of fused-ring (bicyclic) bond motifs is 10. The molecule has 6 aliphatic carbocycles. The Balaban J connectivity index is 1.17. The van der Waals surface area contributed by atoms with Gasteiger partial charge < -0.3 is 20.1 Å². The van der Waals surface area contributed by atoms with Gasteiger partial charge in [-0.15, -0.1) is 0 Å². The van der Waals surface area contributed by atoms with E-state index in [1.807, 2.05) is 12.1 Å². The maximum Gasteiger partial charge on any atom is 0.132 e. The van der Waals surface area contributed by atoms with Gasteiger partial charge in [-0.2, -0.15) is 0 Å². The first-order valence-electron chi connectivity index (χ1n) is 16.8. The van der Waals surface area contributed by atoms with Gasteiger partial charge in [0.25, 0.3) is 0 Å². The number of phenols is 1. The lowest BCUT2D eigenvalue weighted by Gasteiger charge is -2.54. The molecule has 2 aromatic carbocycles. The number of aliphatic hydroxyl groups is 2. The molecule has 3 unspecified atom stereocenters. The molecule has 4 fully saturated rings. The Bertz CT molecular complexity index is 1430. The van der Waals surface area contributed by atoms with Gasteiger partial charge in [0.15, 0.2) is 0 Å². The molecular weight excluding hydrogens is 520 g/mol. The maximum atomic E-state index is 13.0. The summed E-state index contributed by atoms with van der Waals surface area (Å²) in [6, 6.07) is 10.6. The average Bonchev–Trinajstić information content (AvgIpc) is 3.44.